The maximum Gasteiger partial charge on any atom is 0.255 e. The van der Waals surface area contributed by atoms with Crippen LogP contribution in [-0.2, 0) is 9.53 Å². The van der Waals surface area contributed by atoms with Crippen LogP contribution < -0.4 is 16.4 Å². The number of aromatic nitrogens is 1. The van der Waals surface area contributed by atoms with Gasteiger partial charge in [-0.3, -0.25) is 14.6 Å². The van der Waals surface area contributed by atoms with E-state index in [1.165, 1.54) is 0 Å². The van der Waals surface area contributed by atoms with Crippen molar-refractivity contribution >= 4 is 23.2 Å². The minimum Gasteiger partial charge on any atom is -0.381 e. The summed E-state index contributed by atoms with van der Waals surface area (Å²) in [5.41, 5.74) is 6.99. The van der Waals surface area contributed by atoms with E-state index in [0.29, 0.717) is 43.0 Å². The van der Waals surface area contributed by atoms with Gasteiger partial charge in [0.05, 0.1) is 5.41 Å². The molecule has 1 aromatic heterocycles. The number of nitrogens with one attached hydrogen (secondary N) is 2. The Morgan fingerprint density at radius 3 is 2.38 bits per heavy atom. The number of hydrogen-bond donors (Lipinski definition) is 3. The van der Waals surface area contributed by atoms with Crippen molar-refractivity contribution in [2.24, 2.45) is 11.1 Å². The molecular formula is C19H22N4O3. The van der Waals surface area contributed by atoms with Gasteiger partial charge < -0.3 is 21.1 Å². The fourth-order valence-electron chi connectivity index (χ4n) is 2.93. The molecule has 0 bridgehead atoms. The average molecular weight is 354 g/mol. The van der Waals surface area contributed by atoms with Crippen molar-refractivity contribution < 1.29 is 14.3 Å². The Kier molecular flexibility index (Phi) is 5.60. The number of amides is 2. The van der Waals surface area contributed by atoms with Crippen LogP contribution in [0, 0.1) is 5.41 Å². The van der Waals surface area contributed by atoms with Crippen molar-refractivity contribution in [3.8, 4) is 0 Å². The molecule has 2 heterocycles. The summed E-state index contributed by atoms with van der Waals surface area (Å²) in [6, 6.07) is 10.3. The number of hydrogen-bond acceptors (Lipinski definition) is 5. The summed E-state index contributed by atoms with van der Waals surface area (Å²) in [6.45, 7) is 1.35. The van der Waals surface area contributed by atoms with Crippen LogP contribution in [0.15, 0.2) is 48.8 Å². The smallest absolute Gasteiger partial charge is 0.255 e. The number of nitrogens with two attached hydrogens (primary N) is 1. The van der Waals surface area contributed by atoms with Crippen molar-refractivity contribution in [1.29, 1.82) is 0 Å². The van der Waals surface area contributed by atoms with Gasteiger partial charge in [0.15, 0.2) is 0 Å². The first kappa shape index (κ1) is 18.0. The quantitative estimate of drug-likeness (QED) is 0.762. The zero-order valence-electron chi connectivity index (χ0n) is 14.4. The summed E-state index contributed by atoms with van der Waals surface area (Å²) >= 11 is 0. The van der Waals surface area contributed by atoms with Crippen LogP contribution in [0.5, 0.6) is 0 Å². The molecule has 7 heteroatoms. The molecule has 3 rings (SSSR count). The lowest BCUT2D eigenvalue weighted by Crippen LogP contribution is -2.46. The predicted molar refractivity (Wildman–Crippen MR) is 98.8 cm³/mol. The topological polar surface area (TPSA) is 106 Å². The average Bonchev–Trinajstić information content (AvgIpc) is 2.69. The van der Waals surface area contributed by atoms with Crippen molar-refractivity contribution in [3.63, 3.8) is 0 Å². The third-order valence-corrected chi connectivity index (χ3v) is 4.64. The Hall–Kier alpha value is -2.77. The van der Waals surface area contributed by atoms with Crippen molar-refractivity contribution in [2.45, 2.75) is 12.8 Å². The second-order valence-corrected chi connectivity index (χ2v) is 6.32. The largest absolute Gasteiger partial charge is 0.381 e. The Labute approximate surface area is 151 Å². The third kappa shape index (κ3) is 4.07. The minimum atomic E-state index is -0.603. The van der Waals surface area contributed by atoms with Crippen LogP contribution in [0.4, 0.5) is 11.4 Å². The first-order valence-electron chi connectivity index (χ1n) is 8.54. The molecular weight excluding hydrogens is 332 g/mol. The van der Waals surface area contributed by atoms with Crippen LogP contribution in [0.25, 0.3) is 0 Å². The normalized spacial score (nSPS) is 15.9. The van der Waals surface area contributed by atoms with E-state index in [1.54, 1.807) is 48.8 Å². The molecule has 26 heavy (non-hydrogen) atoms. The van der Waals surface area contributed by atoms with Gasteiger partial charge in [0.2, 0.25) is 5.91 Å². The van der Waals surface area contributed by atoms with E-state index in [1.807, 2.05) is 0 Å². The first-order chi connectivity index (χ1) is 12.6. The number of rotatable bonds is 5. The summed E-state index contributed by atoms with van der Waals surface area (Å²) in [5.74, 6) is -0.348. The van der Waals surface area contributed by atoms with E-state index in [9.17, 15) is 9.59 Å². The summed E-state index contributed by atoms with van der Waals surface area (Å²) in [5, 5.41) is 5.73. The fraction of sp³-hybridized carbons (Fsp3) is 0.316. The van der Waals surface area contributed by atoms with Crippen LogP contribution in [-0.4, -0.2) is 36.6 Å². The molecule has 1 aromatic carbocycles. The van der Waals surface area contributed by atoms with Gasteiger partial charge in [-0.25, -0.2) is 0 Å². The summed E-state index contributed by atoms with van der Waals surface area (Å²) in [6.07, 6.45) is 4.33. The van der Waals surface area contributed by atoms with E-state index in [-0.39, 0.29) is 18.4 Å². The molecule has 7 nitrogen and oxygen atoms in total. The zero-order valence-corrected chi connectivity index (χ0v) is 14.4. The first-order valence-corrected chi connectivity index (χ1v) is 8.54. The van der Waals surface area contributed by atoms with Crippen LogP contribution >= 0.6 is 0 Å². The maximum atomic E-state index is 12.7. The van der Waals surface area contributed by atoms with Crippen LogP contribution in [0.1, 0.15) is 23.2 Å². The number of pyridine rings is 1. The molecule has 1 saturated heterocycles. The molecule has 1 fully saturated rings. The lowest BCUT2D eigenvalue weighted by molar-refractivity contribution is -0.130. The molecule has 0 radical (unpaired) electrons. The Morgan fingerprint density at radius 2 is 1.73 bits per heavy atom. The highest BCUT2D eigenvalue weighted by Crippen LogP contribution is 2.31. The maximum absolute atomic E-state index is 12.7. The van der Waals surface area contributed by atoms with E-state index < -0.39 is 5.41 Å². The molecule has 2 aromatic rings. The highest BCUT2D eigenvalue weighted by molar-refractivity contribution is 6.04. The highest BCUT2D eigenvalue weighted by Gasteiger charge is 2.38. The fourth-order valence-corrected chi connectivity index (χ4v) is 2.93. The molecule has 2 amide bonds. The molecule has 1 aliphatic rings. The second kappa shape index (κ2) is 8.07. The van der Waals surface area contributed by atoms with Crippen molar-refractivity contribution in [2.75, 3.05) is 30.4 Å². The Balaban J connectivity index is 1.69. The number of nitrogens with zero attached hydrogens (tertiary/aromatic N) is 1. The minimum absolute atomic E-state index is 0.110. The number of benzene rings is 1. The second-order valence-electron chi connectivity index (χ2n) is 6.32. The molecule has 136 valence electrons. The lowest BCUT2D eigenvalue weighted by Gasteiger charge is -2.34. The van der Waals surface area contributed by atoms with E-state index in [0.717, 1.165) is 0 Å². The number of carbonyl (C=O) groups is 2. The molecule has 0 aliphatic carbocycles. The number of ether oxygens (including phenoxy) is 1. The van der Waals surface area contributed by atoms with E-state index in [4.69, 9.17) is 10.5 Å². The van der Waals surface area contributed by atoms with Gasteiger partial charge >= 0.3 is 0 Å². The highest BCUT2D eigenvalue weighted by atomic mass is 16.5. The lowest BCUT2D eigenvalue weighted by atomic mass is 9.79. The monoisotopic (exact) mass is 354 g/mol. The molecule has 0 unspecified atom stereocenters. The van der Waals surface area contributed by atoms with Gasteiger partial charge in [-0.05, 0) is 43.2 Å². The predicted octanol–water partition coefficient (Wildman–Crippen LogP) is 2.03. The Morgan fingerprint density at radius 1 is 1.08 bits per heavy atom. The number of anilines is 2. The summed E-state index contributed by atoms with van der Waals surface area (Å²) in [4.78, 5) is 28.9. The molecule has 1 aliphatic heterocycles. The summed E-state index contributed by atoms with van der Waals surface area (Å²) < 4.78 is 5.34. The standard InChI is InChI=1S/C19H22N4O3/c20-13-19(6-10-26-11-7-19)18(25)23-16-3-1-2-15(12-16)22-17(24)14-4-8-21-9-5-14/h1-5,8-9,12H,6-7,10-11,13,20H2,(H,22,24)(H,23,25). The molecule has 0 atom stereocenters. The van der Waals surface area contributed by atoms with Crippen molar-refractivity contribution in [1.82, 2.24) is 4.98 Å². The van der Waals surface area contributed by atoms with E-state index in [2.05, 4.69) is 15.6 Å². The summed E-state index contributed by atoms with van der Waals surface area (Å²) in [7, 11) is 0. The van der Waals surface area contributed by atoms with Crippen LogP contribution in [0.2, 0.25) is 0 Å². The molecule has 4 N–H and O–H groups in total. The SMILES string of the molecule is NCC1(C(=O)Nc2cccc(NC(=O)c3ccncc3)c2)CCOCC1. The van der Waals surface area contributed by atoms with Crippen LogP contribution in [0.3, 0.4) is 0 Å². The molecule has 0 saturated carbocycles. The van der Waals surface area contributed by atoms with Gasteiger partial charge in [0, 0.05) is 49.1 Å². The van der Waals surface area contributed by atoms with Gasteiger partial charge in [0.1, 0.15) is 0 Å². The van der Waals surface area contributed by atoms with Gasteiger partial charge in [-0.15, -0.1) is 0 Å². The Bertz CT molecular complexity index is 773. The molecule has 0 spiro atoms. The zero-order chi connectivity index (χ0) is 18.4. The van der Waals surface area contributed by atoms with Gasteiger partial charge in [0.25, 0.3) is 5.91 Å². The van der Waals surface area contributed by atoms with Gasteiger partial charge in [-0.2, -0.15) is 0 Å². The van der Waals surface area contributed by atoms with E-state index >= 15 is 0 Å². The number of carbonyl (C=O) groups excluding carboxylic acids is 2. The van der Waals surface area contributed by atoms with Gasteiger partial charge in [-0.1, -0.05) is 6.07 Å². The third-order valence-electron chi connectivity index (χ3n) is 4.64. The van der Waals surface area contributed by atoms with Crippen molar-refractivity contribution in [3.05, 3.63) is 54.4 Å².